The van der Waals surface area contributed by atoms with Crippen LogP contribution < -0.4 is 10.6 Å². The summed E-state index contributed by atoms with van der Waals surface area (Å²) < 4.78 is 4.93. The second kappa shape index (κ2) is 9.73. The third-order valence-electron chi connectivity index (χ3n) is 1.82. The van der Waals surface area contributed by atoms with E-state index in [-0.39, 0.29) is 12.5 Å². The zero-order valence-electron chi connectivity index (χ0n) is 9.92. The summed E-state index contributed by atoms with van der Waals surface area (Å²) in [6.07, 6.45) is 0. The fourth-order valence-corrected chi connectivity index (χ4v) is 0.918. The number of rotatable bonds is 7. The molecule has 0 amide bonds. The molecule has 0 aromatic rings. The van der Waals surface area contributed by atoms with E-state index in [0.29, 0.717) is 13.2 Å². The van der Waals surface area contributed by atoms with Crippen molar-refractivity contribution < 1.29 is 9.84 Å². The van der Waals surface area contributed by atoms with Crippen molar-refractivity contribution in [2.24, 2.45) is 10.9 Å². The van der Waals surface area contributed by atoms with Gasteiger partial charge < -0.3 is 20.5 Å². The van der Waals surface area contributed by atoms with Crippen LogP contribution in [0.5, 0.6) is 0 Å². The lowest BCUT2D eigenvalue weighted by atomic mass is 10.2. The molecule has 15 heavy (non-hydrogen) atoms. The number of nitrogens with zero attached hydrogens (tertiary/aromatic N) is 1. The van der Waals surface area contributed by atoms with E-state index in [1.807, 2.05) is 13.8 Å². The van der Waals surface area contributed by atoms with Gasteiger partial charge in [-0.3, -0.25) is 4.99 Å². The van der Waals surface area contributed by atoms with E-state index in [1.54, 1.807) is 7.11 Å². The van der Waals surface area contributed by atoms with E-state index < -0.39 is 0 Å². The molecule has 5 heteroatoms. The molecule has 90 valence electrons. The SMILES string of the molecule is CCNC(=NCC(C)CO)NCCOC. The lowest BCUT2D eigenvalue weighted by Crippen LogP contribution is -2.39. The number of aliphatic imine (C=N–C) groups is 1. The molecule has 3 N–H and O–H groups in total. The first-order chi connectivity index (χ1) is 7.24. The summed E-state index contributed by atoms with van der Waals surface area (Å²) in [4.78, 5) is 4.33. The number of methoxy groups -OCH3 is 1. The van der Waals surface area contributed by atoms with Gasteiger partial charge in [0, 0.05) is 33.4 Å². The van der Waals surface area contributed by atoms with Crippen LogP contribution in [0.1, 0.15) is 13.8 Å². The minimum Gasteiger partial charge on any atom is -0.396 e. The standard InChI is InChI=1S/C10H23N3O2/c1-4-11-10(12-5-6-15-3)13-7-9(2)8-14/h9,14H,4-8H2,1-3H3,(H2,11,12,13). The van der Waals surface area contributed by atoms with Crippen LogP contribution in [0.2, 0.25) is 0 Å². The van der Waals surface area contributed by atoms with Crippen LogP contribution in [0.3, 0.4) is 0 Å². The highest BCUT2D eigenvalue weighted by molar-refractivity contribution is 5.79. The molecule has 0 spiro atoms. The summed E-state index contributed by atoms with van der Waals surface area (Å²) in [5, 5.41) is 15.1. The molecule has 5 nitrogen and oxygen atoms in total. The molecule has 0 rings (SSSR count). The molecule has 0 aliphatic heterocycles. The molecule has 0 saturated carbocycles. The minimum atomic E-state index is 0.168. The Kier molecular flexibility index (Phi) is 9.21. The van der Waals surface area contributed by atoms with Crippen molar-refractivity contribution in [3.05, 3.63) is 0 Å². The maximum absolute atomic E-state index is 8.86. The topological polar surface area (TPSA) is 65.9 Å². The first-order valence-corrected chi connectivity index (χ1v) is 5.36. The van der Waals surface area contributed by atoms with Gasteiger partial charge in [-0.1, -0.05) is 6.92 Å². The Morgan fingerprint density at radius 1 is 1.47 bits per heavy atom. The number of aliphatic hydroxyl groups excluding tert-OH is 1. The van der Waals surface area contributed by atoms with Crippen molar-refractivity contribution in [3.8, 4) is 0 Å². The van der Waals surface area contributed by atoms with Crippen LogP contribution in [-0.2, 0) is 4.74 Å². The van der Waals surface area contributed by atoms with Crippen molar-refractivity contribution in [1.29, 1.82) is 0 Å². The summed E-state index contributed by atoms with van der Waals surface area (Å²) in [6.45, 7) is 6.98. The molecule has 0 aliphatic rings. The van der Waals surface area contributed by atoms with Gasteiger partial charge in [0.05, 0.1) is 6.61 Å². The Balaban J connectivity index is 3.89. The number of guanidine groups is 1. The fourth-order valence-electron chi connectivity index (χ4n) is 0.918. The average molecular weight is 217 g/mol. The van der Waals surface area contributed by atoms with E-state index in [0.717, 1.165) is 19.0 Å². The highest BCUT2D eigenvalue weighted by Gasteiger charge is 2.00. The molecular formula is C10H23N3O2. The molecule has 1 atom stereocenters. The molecule has 0 fully saturated rings. The number of ether oxygens (including phenoxy) is 1. The van der Waals surface area contributed by atoms with E-state index >= 15 is 0 Å². The Bertz CT molecular complexity index is 174. The van der Waals surface area contributed by atoms with E-state index in [4.69, 9.17) is 9.84 Å². The monoisotopic (exact) mass is 217 g/mol. The summed E-state index contributed by atoms with van der Waals surface area (Å²) >= 11 is 0. The van der Waals surface area contributed by atoms with Crippen molar-refractivity contribution in [1.82, 2.24) is 10.6 Å². The molecule has 0 bridgehead atoms. The van der Waals surface area contributed by atoms with Gasteiger partial charge in [-0.15, -0.1) is 0 Å². The van der Waals surface area contributed by atoms with Crippen LogP contribution in [0, 0.1) is 5.92 Å². The quantitative estimate of drug-likeness (QED) is 0.314. The first-order valence-electron chi connectivity index (χ1n) is 5.36. The highest BCUT2D eigenvalue weighted by Crippen LogP contribution is 1.92. The number of hydrogen-bond acceptors (Lipinski definition) is 3. The summed E-state index contributed by atoms with van der Waals surface area (Å²) in [5.74, 6) is 0.970. The summed E-state index contributed by atoms with van der Waals surface area (Å²) in [5.41, 5.74) is 0. The van der Waals surface area contributed by atoms with Gasteiger partial charge in [0.25, 0.3) is 0 Å². The number of hydrogen-bond donors (Lipinski definition) is 3. The van der Waals surface area contributed by atoms with E-state index in [1.165, 1.54) is 0 Å². The van der Waals surface area contributed by atoms with Crippen molar-refractivity contribution in [2.45, 2.75) is 13.8 Å². The first kappa shape index (κ1) is 14.2. The maximum atomic E-state index is 8.86. The Labute approximate surface area is 91.9 Å². The third kappa shape index (κ3) is 8.20. The van der Waals surface area contributed by atoms with Crippen LogP contribution >= 0.6 is 0 Å². The molecular weight excluding hydrogens is 194 g/mol. The van der Waals surface area contributed by atoms with Crippen molar-refractivity contribution in [3.63, 3.8) is 0 Å². The normalized spacial score (nSPS) is 13.7. The highest BCUT2D eigenvalue weighted by atomic mass is 16.5. The van der Waals surface area contributed by atoms with Crippen LogP contribution in [0.15, 0.2) is 4.99 Å². The fraction of sp³-hybridized carbons (Fsp3) is 0.900. The van der Waals surface area contributed by atoms with Crippen LogP contribution in [-0.4, -0.2) is 51.0 Å². The van der Waals surface area contributed by atoms with Gasteiger partial charge in [0.2, 0.25) is 0 Å². The van der Waals surface area contributed by atoms with Gasteiger partial charge in [0.15, 0.2) is 5.96 Å². The molecule has 0 aromatic heterocycles. The summed E-state index contributed by atoms with van der Waals surface area (Å²) in [7, 11) is 1.67. The van der Waals surface area contributed by atoms with Crippen LogP contribution in [0.25, 0.3) is 0 Å². The van der Waals surface area contributed by atoms with E-state index in [9.17, 15) is 0 Å². The average Bonchev–Trinajstić information content (AvgIpc) is 2.25. The second-order valence-electron chi connectivity index (χ2n) is 3.43. The molecule has 0 aromatic carbocycles. The molecule has 0 aliphatic carbocycles. The zero-order chi connectivity index (χ0) is 11.5. The summed E-state index contributed by atoms with van der Waals surface area (Å²) in [6, 6.07) is 0. The lowest BCUT2D eigenvalue weighted by Gasteiger charge is -2.11. The minimum absolute atomic E-state index is 0.168. The maximum Gasteiger partial charge on any atom is 0.191 e. The predicted octanol–water partition coefficient (Wildman–Crippen LogP) is -0.184. The molecule has 0 radical (unpaired) electrons. The molecule has 1 unspecified atom stereocenters. The Morgan fingerprint density at radius 3 is 2.73 bits per heavy atom. The van der Waals surface area contributed by atoms with Crippen molar-refractivity contribution in [2.75, 3.05) is 40.0 Å². The van der Waals surface area contributed by atoms with Crippen LogP contribution in [0.4, 0.5) is 0 Å². The lowest BCUT2D eigenvalue weighted by molar-refractivity contribution is 0.203. The number of nitrogens with one attached hydrogen (secondary N) is 2. The Hall–Kier alpha value is -0.810. The van der Waals surface area contributed by atoms with Gasteiger partial charge in [0.1, 0.15) is 0 Å². The zero-order valence-corrected chi connectivity index (χ0v) is 9.92. The Morgan fingerprint density at radius 2 is 2.20 bits per heavy atom. The van der Waals surface area contributed by atoms with Gasteiger partial charge >= 0.3 is 0 Å². The third-order valence-corrected chi connectivity index (χ3v) is 1.82. The smallest absolute Gasteiger partial charge is 0.191 e. The molecule has 0 heterocycles. The number of aliphatic hydroxyl groups is 1. The molecule has 0 saturated heterocycles. The van der Waals surface area contributed by atoms with Gasteiger partial charge in [-0.25, -0.2) is 0 Å². The predicted molar refractivity (Wildman–Crippen MR) is 62.1 cm³/mol. The van der Waals surface area contributed by atoms with E-state index in [2.05, 4.69) is 15.6 Å². The second-order valence-corrected chi connectivity index (χ2v) is 3.43. The van der Waals surface area contributed by atoms with Gasteiger partial charge in [-0.2, -0.15) is 0 Å². The van der Waals surface area contributed by atoms with Gasteiger partial charge in [-0.05, 0) is 12.8 Å². The van der Waals surface area contributed by atoms with Crippen molar-refractivity contribution >= 4 is 5.96 Å². The largest absolute Gasteiger partial charge is 0.396 e.